The second-order valence-corrected chi connectivity index (χ2v) is 7.73. The number of hydrogen-bond donors (Lipinski definition) is 1. The summed E-state index contributed by atoms with van der Waals surface area (Å²) in [6.07, 6.45) is 4.80. The molecule has 1 aromatic heterocycles. The third-order valence-corrected chi connectivity index (χ3v) is 5.32. The molecular formula is C24H26N4O4. The first kappa shape index (κ1) is 21.6. The number of benzene rings is 2. The fraction of sp³-hybridized carbons (Fsp3) is 0.292. The first-order chi connectivity index (χ1) is 15.6. The van der Waals surface area contributed by atoms with E-state index < -0.39 is 6.09 Å². The molecule has 4 rings (SSSR count). The van der Waals surface area contributed by atoms with Crippen molar-refractivity contribution in [2.45, 2.75) is 26.4 Å². The molecule has 166 valence electrons. The van der Waals surface area contributed by atoms with Crippen LogP contribution in [0.5, 0.6) is 0 Å². The minimum atomic E-state index is -0.684. The van der Waals surface area contributed by atoms with Gasteiger partial charge in [0.25, 0.3) is 5.91 Å². The van der Waals surface area contributed by atoms with Crippen LogP contribution in [0, 0.1) is 6.92 Å². The number of aryl methyl sites for hydroxylation is 1. The Hall–Kier alpha value is -3.65. The number of rotatable bonds is 7. The average molecular weight is 434 g/mol. The molecule has 8 nitrogen and oxygen atoms in total. The number of amides is 2. The maximum absolute atomic E-state index is 12.9. The van der Waals surface area contributed by atoms with E-state index >= 15 is 0 Å². The minimum Gasteiger partial charge on any atom is -0.443 e. The summed E-state index contributed by atoms with van der Waals surface area (Å²) in [5, 5.41) is 7.78. The number of nitrogens with zero attached hydrogens (tertiary/aromatic N) is 3. The van der Waals surface area contributed by atoms with Crippen molar-refractivity contribution in [3.63, 3.8) is 0 Å². The first-order valence-electron chi connectivity index (χ1n) is 10.6. The second kappa shape index (κ2) is 10.1. The number of aromatic amines is 1. The molecule has 1 N–H and O–H groups in total. The highest BCUT2D eigenvalue weighted by Gasteiger charge is 2.23. The van der Waals surface area contributed by atoms with Gasteiger partial charge in [0, 0.05) is 24.8 Å². The zero-order chi connectivity index (χ0) is 22.3. The Bertz CT molecular complexity index is 1040. The Morgan fingerprint density at radius 2 is 1.88 bits per heavy atom. The van der Waals surface area contributed by atoms with Crippen molar-refractivity contribution < 1.29 is 19.2 Å². The summed E-state index contributed by atoms with van der Waals surface area (Å²) in [7, 11) is 0. The van der Waals surface area contributed by atoms with Gasteiger partial charge in [-0.05, 0) is 43.0 Å². The number of anilines is 1. The molecule has 0 atom stereocenters. The third kappa shape index (κ3) is 5.33. The molecule has 1 saturated heterocycles. The molecule has 1 fully saturated rings. The van der Waals surface area contributed by atoms with Crippen molar-refractivity contribution in [2.24, 2.45) is 0 Å². The molecule has 0 spiro atoms. The largest absolute Gasteiger partial charge is 0.443 e. The highest BCUT2D eigenvalue weighted by molar-refractivity contribution is 5.86. The Balaban J connectivity index is 1.47. The predicted molar refractivity (Wildman–Crippen MR) is 120 cm³/mol. The van der Waals surface area contributed by atoms with Gasteiger partial charge in [0.15, 0.2) is 6.61 Å². The van der Waals surface area contributed by atoms with Gasteiger partial charge in [0.2, 0.25) is 0 Å². The van der Waals surface area contributed by atoms with E-state index in [9.17, 15) is 9.59 Å². The van der Waals surface area contributed by atoms with Gasteiger partial charge in [-0.3, -0.25) is 14.7 Å². The zero-order valence-corrected chi connectivity index (χ0v) is 18.0. The summed E-state index contributed by atoms with van der Waals surface area (Å²) in [5.41, 5.74) is 4.29. The number of H-pyrrole nitrogens is 1. The van der Waals surface area contributed by atoms with Gasteiger partial charge in [-0.15, -0.1) is 0 Å². The molecule has 3 aromatic rings. The van der Waals surface area contributed by atoms with Crippen LogP contribution in [0.25, 0.3) is 11.1 Å². The van der Waals surface area contributed by atoms with Gasteiger partial charge in [-0.25, -0.2) is 4.79 Å². The van der Waals surface area contributed by atoms with Gasteiger partial charge >= 0.3 is 6.09 Å². The lowest BCUT2D eigenvalue weighted by molar-refractivity contribution is -0.135. The SMILES string of the molecule is Cc1cccc(COC(=O)N(OCC(=O)N2CCCC2)c2ccc(-c3cn[nH]c3)cc2)c1. The summed E-state index contributed by atoms with van der Waals surface area (Å²) in [4.78, 5) is 32.7. The fourth-order valence-corrected chi connectivity index (χ4v) is 3.61. The standard InChI is InChI=1S/C24H26N4O4/c1-18-5-4-6-19(13-18)16-31-24(30)28(32-17-23(29)27-11-2-3-12-27)22-9-7-20(8-10-22)21-14-25-26-15-21/h4-10,13-15H,2-3,11-12,16-17H2,1H3,(H,25,26). The lowest BCUT2D eigenvalue weighted by Gasteiger charge is -2.23. The van der Waals surface area contributed by atoms with Crippen LogP contribution in [0.3, 0.4) is 0 Å². The van der Waals surface area contributed by atoms with Crippen LogP contribution < -0.4 is 5.06 Å². The van der Waals surface area contributed by atoms with Gasteiger partial charge in [0.05, 0.1) is 11.9 Å². The summed E-state index contributed by atoms with van der Waals surface area (Å²) >= 11 is 0. The summed E-state index contributed by atoms with van der Waals surface area (Å²) in [6.45, 7) is 3.29. The molecule has 0 unspecified atom stereocenters. The number of aromatic nitrogens is 2. The molecule has 0 aliphatic carbocycles. The molecule has 2 amide bonds. The van der Waals surface area contributed by atoms with E-state index in [1.807, 2.05) is 43.3 Å². The Kier molecular flexibility index (Phi) is 6.81. The van der Waals surface area contributed by atoms with E-state index in [-0.39, 0.29) is 19.1 Å². The lowest BCUT2D eigenvalue weighted by Crippen LogP contribution is -2.38. The lowest BCUT2D eigenvalue weighted by atomic mass is 10.1. The monoisotopic (exact) mass is 434 g/mol. The highest BCUT2D eigenvalue weighted by atomic mass is 16.7. The molecule has 2 aromatic carbocycles. The van der Waals surface area contributed by atoms with Crippen molar-refractivity contribution in [3.8, 4) is 11.1 Å². The number of likely N-dealkylation sites (tertiary alicyclic amines) is 1. The second-order valence-electron chi connectivity index (χ2n) is 7.73. The van der Waals surface area contributed by atoms with Crippen LogP contribution >= 0.6 is 0 Å². The average Bonchev–Trinajstić information content (AvgIpc) is 3.53. The van der Waals surface area contributed by atoms with Crippen molar-refractivity contribution in [2.75, 3.05) is 24.8 Å². The maximum atomic E-state index is 12.9. The third-order valence-electron chi connectivity index (χ3n) is 5.32. The Labute approximate surface area is 186 Å². The highest BCUT2D eigenvalue weighted by Crippen LogP contribution is 2.23. The van der Waals surface area contributed by atoms with Crippen LogP contribution in [-0.4, -0.2) is 46.8 Å². The van der Waals surface area contributed by atoms with Crippen LogP contribution in [-0.2, 0) is 21.0 Å². The number of hydrogen-bond acceptors (Lipinski definition) is 5. The maximum Gasteiger partial charge on any atom is 0.439 e. The summed E-state index contributed by atoms with van der Waals surface area (Å²) < 4.78 is 5.48. The minimum absolute atomic E-state index is 0.105. The molecule has 0 saturated carbocycles. The summed E-state index contributed by atoms with van der Waals surface area (Å²) in [5.74, 6) is -0.144. The van der Waals surface area contributed by atoms with E-state index in [2.05, 4.69) is 10.2 Å². The molecule has 0 bridgehead atoms. The fourth-order valence-electron chi connectivity index (χ4n) is 3.61. The molecule has 1 aliphatic rings. The number of nitrogens with one attached hydrogen (secondary N) is 1. The van der Waals surface area contributed by atoms with Crippen molar-refractivity contribution in [3.05, 3.63) is 72.1 Å². The topological polar surface area (TPSA) is 87.8 Å². The molecule has 1 aliphatic heterocycles. The van der Waals surface area contributed by atoms with Crippen LogP contribution in [0.1, 0.15) is 24.0 Å². The van der Waals surface area contributed by atoms with E-state index in [1.165, 1.54) is 0 Å². The molecule has 0 radical (unpaired) electrons. The number of ether oxygens (including phenoxy) is 1. The number of hydroxylamine groups is 1. The predicted octanol–water partition coefficient (Wildman–Crippen LogP) is 4.08. The molecule has 32 heavy (non-hydrogen) atoms. The molecular weight excluding hydrogens is 408 g/mol. The van der Waals surface area contributed by atoms with Crippen molar-refractivity contribution in [1.29, 1.82) is 0 Å². The summed E-state index contributed by atoms with van der Waals surface area (Å²) in [6, 6.07) is 14.9. The Morgan fingerprint density at radius 3 is 2.56 bits per heavy atom. The van der Waals surface area contributed by atoms with Gasteiger partial charge in [0.1, 0.15) is 6.61 Å². The van der Waals surface area contributed by atoms with Crippen molar-refractivity contribution in [1.82, 2.24) is 15.1 Å². The van der Waals surface area contributed by atoms with Crippen LogP contribution in [0.4, 0.5) is 10.5 Å². The van der Waals surface area contributed by atoms with Gasteiger partial charge in [-0.2, -0.15) is 10.2 Å². The first-order valence-corrected chi connectivity index (χ1v) is 10.6. The smallest absolute Gasteiger partial charge is 0.439 e. The molecule has 2 heterocycles. The zero-order valence-electron chi connectivity index (χ0n) is 18.0. The van der Waals surface area contributed by atoms with E-state index in [0.717, 1.165) is 53.2 Å². The quantitative estimate of drug-likeness (QED) is 0.566. The van der Waals surface area contributed by atoms with E-state index in [1.54, 1.807) is 29.4 Å². The Morgan fingerprint density at radius 1 is 1.09 bits per heavy atom. The van der Waals surface area contributed by atoms with Crippen molar-refractivity contribution >= 4 is 17.7 Å². The molecule has 8 heteroatoms. The van der Waals surface area contributed by atoms with Crippen LogP contribution in [0.2, 0.25) is 0 Å². The van der Waals surface area contributed by atoms with E-state index in [0.29, 0.717) is 5.69 Å². The normalized spacial score (nSPS) is 13.2. The number of carbonyl (C=O) groups excluding carboxylic acids is 2. The number of carbonyl (C=O) groups is 2. The van der Waals surface area contributed by atoms with Gasteiger partial charge < -0.3 is 9.64 Å². The van der Waals surface area contributed by atoms with E-state index in [4.69, 9.17) is 9.57 Å². The van der Waals surface area contributed by atoms with Crippen LogP contribution in [0.15, 0.2) is 60.9 Å². The van der Waals surface area contributed by atoms with Gasteiger partial charge in [-0.1, -0.05) is 42.0 Å².